The van der Waals surface area contributed by atoms with Gasteiger partial charge in [0.2, 0.25) is 0 Å². The topological polar surface area (TPSA) is 12.9 Å². The van der Waals surface area contributed by atoms with E-state index < -0.39 is 0 Å². The van der Waals surface area contributed by atoms with Crippen LogP contribution in [0.4, 0.5) is 0 Å². The van der Waals surface area contributed by atoms with E-state index in [1.807, 2.05) is 6.07 Å². The van der Waals surface area contributed by atoms with Crippen LogP contribution in [0.15, 0.2) is 18.8 Å². The van der Waals surface area contributed by atoms with E-state index in [-0.39, 0.29) is 0 Å². The monoisotopic (exact) mass is 171 g/mol. The number of hydrogen-bond donors (Lipinski definition) is 0. The van der Waals surface area contributed by atoms with E-state index in [1.165, 1.54) is 5.56 Å². The van der Waals surface area contributed by atoms with E-state index in [2.05, 4.69) is 31.3 Å². The Morgan fingerprint density at radius 3 is 2.77 bits per heavy atom. The van der Waals surface area contributed by atoms with E-state index in [1.54, 1.807) is 12.3 Å². The normalized spacial score (nSPS) is 9.69. The average molecular weight is 171 g/mol. The SMILES string of the molecule is C#Cc1nccc(C(C)C)c1C=C. The Hall–Kier alpha value is -1.55. The molecule has 1 nitrogen and oxygen atoms in total. The van der Waals surface area contributed by atoms with E-state index in [0.29, 0.717) is 11.6 Å². The molecule has 0 radical (unpaired) electrons. The van der Waals surface area contributed by atoms with Crippen LogP contribution in [0.3, 0.4) is 0 Å². The molecule has 0 spiro atoms. The molecule has 0 saturated heterocycles. The first kappa shape index (κ1) is 9.54. The van der Waals surface area contributed by atoms with Crippen molar-refractivity contribution >= 4 is 6.08 Å². The van der Waals surface area contributed by atoms with Gasteiger partial charge in [-0.25, -0.2) is 4.98 Å². The molecular weight excluding hydrogens is 158 g/mol. The highest BCUT2D eigenvalue weighted by atomic mass is 14.7. The van der Waals surface area contributed by atoms with Gasteiger partial charge in [-0.1, -0.05) is 26.5 Å². The minimum atomic E-state index is 0.447. The van der Waals surface area contributed by atoms with Gasteiger partial charge < -0.3 is 0 Å². The van der Waals surface area contributed by atoms with Crippen LogP contribution in [0.25, 0.3) is 6.08 Å². The number of hydrogen-bond acceptors (Lipinski definition) is 1. The molecular formula is C12H13N. The molecule has 0 N–H and O–H groups in total. The molecule has 1 heterocycles. The summed E-state index contributed by atoms with van der Waals surface area (Å²) in [5.41, 5.74) is 2.87. The van der Waals surface area contributed by atoms with Gasteiger partial charge in [0.25, 0.3) is 0 Å². The van der Waals surface area contributed by atoms with Crippen LogP contribution in [0.2, 0.25) is 0 Å². The predicted octanol–water partition coefficient (Wildman–Crippen LogP) is 2.83. The number of nitrogens with zero attached hydrogens (tertiary/aromatic N) is 1. The van der Waals surface area contributed by atoms with Gasteiger partial charge in [-0.3, -0.25) is 0 Å². The Labute approximate surface area is 79.5 Å². The van der Waals surface area contributed by atoms with Crippen molar-refractivity contribution in [3.8, 4) is 12.3 Å². The van der Waals surface area contributed by atoms with Gasteiger partial charge in [0.05, 0.1) is 0 Å². The van der Waals surface area contributed by atoms with Crippen LogP contribution in [0.5, 0.6) is 0 Å². The highest BCUT2D eigenvalue weighted by Crippen LogP contribution is 2.21. The average Bonchev–Trinajstić information content (AvgIpc) is 2.16. The van der Waals surface area contributed by atoms with Crippen LogP contribution in [-0.2, 0) is 0 Å². The maximum absolute atomic E-state index is 5.33. The van der Waals surface area contributed by atoms with Crippen molar-refractivity contribution in [1.29, 1.82) is 0 Å². The first-order valence-electron chi connectivity index (χ1n) is 4.28. The van der Waals surface area contributed by atoms with Gasteiger partial charge in [-0.15, -0.1) is 6.42 Å². The summed E-state index contributed by atoms with van der Waals surface area (Å²) in [5, 5.41) is 0. The summed E-state index contributed by atoms with van der Waals surface area (Å²) in [4.78, 5) is 4.10. The Morgan fingerprint density at radius 2 is 2.31 bits per heavy atom. The Balaban J connectivity index is 3.37. The van der Waals surface area contributed by atoms with Crippen molar-refractivity contribution < 1.29 is 0 Å². The van der Waals surface area contributed by atoms with Crippen LogP contribution < -0.4 is 0 Å². The fourth-order valence-electron chi connectivity index (χ4n) is 1.32. The third-order valence-corrected chi connectivity index (χ3v) is 1.99. The van der Waals surface area contributed by atoms with Crippen molar-refractivity contribution in [3.63, 3.8) is 0 Å². The maximum Gasteiger partial charge on any atom is 0.120 e. The highest BCUT2D eigenvalue weighted by Gasteiger charge is 2.07. The van der Waals surface area contributed by atoms with Gasteiger partial charge in [0.15, 0.2) is 0 Å². The zero-order valence-electron chi connectivity index (χ0n) is 8.04. The molecule has 13 heavy (non-hydrogen) atoms. The summed E-state index contributed by atoms with van der Waals surface area (Å²) in [7, 11) is 0. The molecule has 1 rings (SSSR count). The molecule has 0 aliphatic heterocycles. The van der Waals surface area contributed by atoms with Crippen molar-refractivity contribution in [2.75, 3.05) is 0 Å². The molecule has 0 saturated carbocycles. The van der Waals surface area contributed by atoms with Gasteiger partial charge in [0.1, 0.15) is 5.69 Å². The molecule has 1 aromatic heterocycles. The minimum absolute atomic E-state index is 0.447. The van der Waals surface area contributed by atoms with E-state index in [9.17, 15) is 0 Å². The Bertz CT molecular complexity index is 356. The van der Waals surface area contributed by atoms with Gasteiger partial charge in [-0.2, -0.15) is 0 Å². The fraction of sp³-hybridized carbons (Fsp3) is 0.250. The summed E-state index contributed by atoms with van der Waals surface area (Å²) < 4.78 is 0. The minimum Gasteiger partial charge on any atom is -0.247 e. The summed E-state index contributed by atoms with van der Waals surface area (Å²) in [6.07, 6.45) is 8.86. The zero-order valence-corrected chi connectivity index (χ0v) is 8.04. The van der Waals surface area contributed by atoms with Crippen LogP contribution in [-0.4, -0.2) is 4.98 Å². The molecule has 0 aliphatic carbocycles. The zero-order chi connectivity index (χ0) is 9.84. The molecule has 66 valence electrons. The second-order valence-corrected chi connectivity index (χ2v) is 3.17. The number of aromatic nitrogens is 1. The lowest BCUT2D eigenvalue weighted by Crippen LogP contribution is -1.97. The first-order valence-corrected chi connectivity index (χ1v) is 4.28. The third-order valence-electron chi connectivity index (χ3n) is 1.99. The number of pyridine rings is 1. The summed E-state index contributed by atoms with van der Waals surface area (Å²) >= 11 is 0. The smallest absolute Gasteiger partial charge is 0.120 e. The fourth-order valence-corrected chi connectivity index (χ4v) is 1.32. The molecule has 0 unspecified atom stereocenters. The van der Waals surface area contributed by atoms with Crippen molar-refractivity contribution in [3.05, 3.63) is 35.7 Å². The lowest BCUT2D eigenvalue weighted by atomic mass is 9.97. The van der Waals surface area contributed by atoms with E-state index >= 15 is 0 Å². The van der Waals surface area contributed by atoms with Gasteiger partial charge >= 0.3 is 0 Å². The predicted molar refractivity (Wildman–Crippen MR) is 56.4 cm³/mol. The quantitative estimate of drug-likeness (QED) is 0.623. The van der Waals surface area contributed by atoms with Gasteiger partial charge in [-0.05, 0) is 23.5 Å². The summed E-state index contributed by atoms with van der Waals surface area (Å²) in [5.74, 6) is 3.01. The third kappa shape index (κ3) is 1.78. The van der Waals surface area contributed by atoms with Crippen LogP contribution in [0.1, 0.15) is 36.6 Å². The molecule has 0 fully saturated rings. The molecule has 1 heteroatoms. The van der Waals surface area contributed by atoms with Crippen LogP contribution in [0, 0.1) is 12.3 Å². The largest absolute Gasteiger partial charge is 0.247 e. The molecule has 0 aliphatic rings. The second-order valence-electron chi connectivity index (χ2n) is 3.17. The Kier molecular flexibility index (Phi) is 2.87. The molecule has 0 amide bonds. The molecule has 1 aromatic rings. The first-order chi connectivity index (χ1) is 6.20. The number of terminal acetylenes is 1. The standard InChI is InChI=1S/C12H13N/c1-5-10-11(9(3)4)7-8-13-12(10)6-2/h2,5,7-9H,1H2,3-4H3. The van der Waals surface area contributed by atoms with E-state index in [0.717, 1.165) is 5.56 Å². The number of rotatable bonds is 2. The summed E-state index contributed by atoms with van der Waals surface area (Å²) in [6.45, 7) is 8.00. The van der Waals surface area contributed by atoms with Crippen molar-refractivity contribution in [2.45, 2.75) is 19.8 Å². The summed E-state index contributed by atoms with van der Waals surface area (Å²) in [6, 6.07) is 1.99. The van der Waals surface area contributed by atoms with Crippen LogP contribution >= 0.6 is 0 Å². The molecule has 0 bridgehead atoms. The highest BCUT2D eigenvalue weighted by molar-refractivity contribution is 5.59. The van der Waals surface area contributed by atoms with Crippen molar-refractivity contribution in [1.82, 2.24) is 4.98 Å². The lowest BCUT2D eigenvalue weighted by molar-refractivity contribution is 0.858. The van der Waals surface area contributed by atoms with Gasteiger partial charge in [0, 0.05) is 11.8 Å². The van der Waals surface area contributed by atoms with E-state index in [4.69, 9.17) is 6.42 Å². The molecule has 0 atom stereocenters. The lowest BCUT2D eigenvalue weighted by Gasteiger charge is -2.10. The second kappa shape index (κ2) is 3.91. The Morgan fingerprint density at radius 1 is 1.62 bits per heavy atom. The molecule has 0 aromatic carbocycles. The maximum atomic E-state index is 5.33. The van der Waals surface area contributed by atoms with Crippen molar-refractivity contribution in [2.24, 2.45) is 0 Å².